The SMILES string of the molecule is O=C(C1CSc2ccccc21)N1CCCCC1CCCl. The van der Waals surface area contributed by atoms with Gasteiger partial charge in [-0.05, 0) is 37.3 Å². The molecule has 1 saturated heterocycles. The van der Waals surface area contributed by atoms with Gasteiger partial charge in [-0.1, -0.05) is 18.2 Å². The summed E-state index contributed by atoms with van der Waals surface area (Å²) in [6, 6.07) is 8.68. The minimum absolute atomic E-state index is 0.0483. The lowest BCUT2D eigenvalue weighted by Gasteiger charge is -2.37. The van der Waals surface area contributed by atoms with Crippen molar-refractivity contribution in [2.24, 2.45) is 0 Å². The van der Waals surface area contributed by atoms with E-state index in [9.17, 15) is 4.79 Å². The van der Waals surface area contributed by atoms with Gasteiger partial charge in [0, 0.05) is 29.1 Å². The molecule has 1 aromatic carbocycles. The number of thioether (sulfide) groups is 1. The van der Waals surface area contributed by atoms with E-state index < -0.39 is 0 Å². The van der Waals surface area contributed by atoms with E-state index in [1.54, 1.807) is 0 Å². The second-order valence-electron chi connectivity index (χ2n) is 5.56. The maximum atomic E-state index is 12.9. The van der Waals surface area contributed by atoms with Crippen LogP contribution in [0.1, 0.15) is 37.2 Å². The smallest absolute Gasteiger partial charge is 0.231 e. The second-order valence-corrected chi connectivity index (χ2v) is 7.00. The van der Waals surface area contributed by atoms with Crippen LogP contribution in [-0.2, 0) is 4.79 Å². The molecule has 20 heavy (non-hydrogen) atoms. The Morgan fingerprint density at radius 2 is 2.20 bits per heavy atom. The molecule has 108 valence electrons. The fraction of sp³-hybridized carbons (Fsp3) is 0.562. The zero-order valence-corrected chi connectivity index (χ0v) is 13.1. The van der Waals surface area contributed by atoms with Gasteiger partial charge < -0.3 is 4.90 Å². The minimum Gasteiger partial charge on any atom is -0.339 e. The van der Waals surface area contributed by atoms with Crippen molar-refractivity contribution < 1.29 is 4.79 Å². The Morgan fingerprint density at radius 1 is 1.35 bits per heavy atom. The molecule has 0 N–H and O–H groups in total. The molecule has 2 heterocycles. The highest BCUT2D eigenvalue weighted by atomic mass is 35.5. The summed E-state index contributed by atoms with van der Waals surface area (Å²) in [7, 11) is 0. The molecule has 0 bridgehead atoms. The van der Waals surface area contributed by atoms with Crippen molar-refractivity contribution in [1.82, 2.24) is 4.90 Å². The molecule has 1 amide bonds. The molecule has 4 heteroatoms. The lowest BCUT2D eigenvalue weighted by molar-refractivity contribution is -0.136. The third-order valence-electron chi connectivity index (χ3n) is 4.35. The molecule has 0 aromatic heterocycles. The summed E-state index contributed by atoms with van der Waals surface area (Å²) >= 11 is 7.71. The first-order chi connectivity index (χ1) is 9.81. The fourth-order valence-electron chi connectivity index (χ4n) is 3.28. The summed E-state index contributed by atoms with van der Waals surface area (Å²) in [5, 5.41) is 0. The molecule has 2 nitrogen and oxygen atoms in total. The van der Waals surface area contributed by atoms with Crippen LogP contribution in [0, 0.1) is 0 Å². The van der Waals surface area contributed by atoms with E-state index in [0.29, 0.717) is 17.8 Å². The first-order valence-corrected chi connectivity index (χ1v) is 8.91. The quantitative estimate of drug-likeness (QED) is 0.790. The number of carbonyl (C=O) groups excluding carboxylic acids is 1. The van der Waals surface area contributed by atoms with Crippen LogP contribution in [0.5, 0.6) is 0 Å². The number of hydrogen-bond donors (Lipinski definition) is 0. The first kappa shape index (κ1) is 14.3. The number of halogens is 1. The van der Waals surface area contributed by atoms with E-state index in [0.717, 1.165) is 31.6 Å². The van der Waals surface area contributed by atoms with E-state index in [1.165, 1.54) is 16.9 Å². The largest absolute Gasteiger partial charge is 0.339 e. The summed E-state index contributed by atoms with van der Waals surface area (Å²) < 4.78 is 0. The third-order valence-corrected chi connectivity index (χ3v) is 5.75. The summed E-state index contributed by atoms with van der Waals surface area (Å²) in [6.45, 7) is 0.906. The topological polar surface area (TPSA) is 20.3 Å². The average molecular weight is 310 g/mol. The Morgan fingerprint density at radius 3 is 3.05 bits per heavy atom. The highest BCUT2D eigenvalue weighted by Gasteiger charge is 2.35. The van der Waals surface area contributed by atoms with Gasteiger partial charge in [0.25, 0.3) is 0 Å². The number of carbonyl (C=O) groups is 1. The van der Waals surface area contributed by atoms with Crippen molar-refractivity contribution in [3.05, 3.63) is 29.8 Å². The van der Waals surface area contributed by atoms with Crippen LogP contribution in [0.3, 0.4) is 0 Å². The van der Waals surface area contributed by atoms with Crippen molar-refractivity contribution >= 4 is 29.3 Å². The zero-order valence-electron chi connectivity index (χ0n) is 11.6. The normalized spacial score (nSPS) is 25.6. The number of hydrogen-bond acceptors (Lipinski definition) is 2. The predicted octanol–water partition coefficient (Wildman–Crippen LogP) is 3.89. The molecular weight excluding hydrogens is 290 g/mol. The molecule has 1 aromatic rings. The number of likely N-dealkylation sites (tertiary alicyclic amines) is 1. The maximum absolute atomic E-state index is 12.9. The molecule has 0 spiro atoms. The van der Waals surface area contributed by atoms with Crippen LogP contribution in [-0.4, -0.2) is 35.0 Å². The molecule has 2 atom stereocenters. The van der Waals surface area contributed by atoms with E-state index in [4.69, 9.17) is 11.6 Å². The molecule has 0 radical (unpaired) electrons. The van der Waals surface area contributed by atoms with Gasteiger partial charge in [0.2, 0.25) is 5.91 Å². The average Bonchev–Trinajstić information content (AvgIpc) is 2.91. The molecule has 2 unspecified atom stereocenters. The monoisotopic (exact) mass is 309 g/mol. The standard InChI is InChI=1S/C16H20ClNOS/c17-9-8-12-5-3-4-10-18(12)16(19)14-11-20-15-7-2-1-6-13(14)15/h1-2,6-7,12,14H,3-5,8-11H2. The highest BCUT2D eigenvalue weighted by Crippen LogP contribution is 2.41. The van der Waals surface area contributed by atoms with Gasteiger partial charge in [0.1, 0.15) is 0 Å². The number of rotatable bonds is 3. The van der Waals surface area contributed by atoms with E-state index in [-0.39, 0.29) is 5.92 Å². The highest BCUT2D eigenvalue weighted by molar-refractivity contribution is 7.99. The van der Waals surface area contributed by atoms with Gasteiger partial charge in [-0.25, -0.2) is 0 Å². The van der Waals surface area contributed by atoms with Crippen molar-refractivity contribution in [2.75, 3.05) is 18.2 Å². The summed E-state index contributed by atoms with van der Waals surface area (Å²) in [5.74, 6) is 1.90. The lowest BCUT2D eigenvalue weighted by Crippen LogP contribution is -2.46. The lowest BCUT2D eigenvalue weighted by atomic mass is 9.94. The Hall–Kier alpha value is -0.670. The van der Waals surface area contributed by atoms with Gasteiger partial charge in [0.05, 0.1) is 5.92 Å². The summed E-state index contributed by atoms with van der Waals surface area (Å²) in [4.78, 5) is 16.3. The number of alkyl halides is 1. The zero-order chi connectivity index (χ0) is 13.9. The second kappa shape index (κ2) is 6.40. The van der Waals surface area contributed by atoms with E-state index in [1.807, 2.05) is 17.8 Å². The van der Waals surface area contributed by atoms with Crippen LogP contribution in [0.2, 0.25) is 0 Å². The molecule has 0 aliphatic carbocycles. The van der Waals surface area contributed by atoms with Gasteiger partial charge in [-0.15, -0.1) is 23.4 Å². The van der Waals surface area contributed by atoms with Crippen LogP contribution >= 0.6 is 23.4 Å². The van der Waals surface area contributed by atoms with E-state index >= 15 is 0 Å². The maximum Gasteiger partial charge on any atom is 0.231 e. The van der Waals surface area contributed by atoms with Crippen LogP contribution in [0.4, 0.5) is 0 Å². The Kier molecular flexibility index (Phi) is 4.57. The van der Waals surface area contributed by atoms with Crippen molar-refractivity contribution in [3.8, 4) is 0 Å². The first-order valence-electron chi connectivity index (χ1n) is 7.39. The van der Waals surface area contributed by atoms with Crippen molar-refractivity contribution in [1.29, 1.82) is 0 Å². The van der Waals surface area contributed by atoms with Gasteiger partial charge in [0.15, 0.2) is 0 Å². The Labute approximate surface area is 129 Å². The van der Waals surface area contributed by atoms with Crippen LogP contribution in [0.25, 0.3) is 0 Å². The number of piperidine rings is 1. The van der Waals surface area contributed by atoms with Gasteiger partial charge >= 0.3 is 0 Å². The minimum atomic E-state index is 0.0483. The fourth-order valence-corrected chi connectivity index (χ4v) is 4.76. The van der Waals surface area contributed by atoms with Gasteiger partial charge in [-0.3, -0.25) is 4.79 Å². The number of amides is 1. The van der Waals surface area contributed by atoms with Crippen LogP contribution < -0.4 is 0 Å². The van der Waals surface area contributed by atoms with E-state index in [2.05, 4.69) is 23.1 Å². The molecule has 1 fully saturated rings. The molecular formula is C16H20ClNOS. The van der Waals surface area contributed by atoms with Gasteiger partial charge in [-0.2, -0.15) is 0 Å². The molecule has 2 aliphatic heterocycles. The number of nitrogens with zero attached hydrogens (tertiary/aromatic N) is 1. The molecule has 2 aliphatic rings. The Balaban J connectivity index is 1.78. The van der Waals surface area contributed by atoms with Crippen molar-refractivity contribution in [2.45, 2.75) is 42.5 Å². The summed E-state index contributed by atoms with van der Waals surface area (Å²) in [6.07, 6.45) is 4.39. The number of benzene rings is 1. The van der Waals surface area contributed by atoms with Crippen LogP contribution in [0.15, 0.2) is 29.2 Å². The predicted molar refractivity (Wildman–Crippen MR) is 84.6 cm³/mol. The van der Waals surface area contributed by atoms with Crippen molar-refractivity contribution in [3.63, 3.8) is 0 Å². The summed E-state index contributed by atoms with van der Waals surface area (Å²) in [5.41, 5.74) is 1.22. The Bertz CT molecular complexity index is 491. The third kappa shape index (κ3) is 2.71. The molecule has 3 rings (SSSR count). The molecule has 0 saturated carbocycles. The number of fused-ring (bicyclic) bond motifs is 1.